The molecule has 3 heteroatoms. The van der Waals surface area contributed by atoms with Crippen molar-refractivity contribution in [3.8, 4) is 0 Å². The fourth-order valence-electron chi connectivity index (χ4n) is 1.79. The Labute approximate surface area is 106 Å². The van der Waals surface area contributed by atoms with Gasteiger partial charge in [-0.1, -0.05) is 34.6 Å². The fourth-order valence-corrected chi connectivity index (χ4v) is 1.79. The molecule has 0 aromatic rings. The molecule has 0 aliphatic carbocycles. The van der Waals surface area contributed by atoms with Crippen LogP contribution in [0.3, 0.4) is 0 Å². The van der Waals surface area contributed by atoms with Gasteiger partial charge in [-0.2, -0.15) is 0 Å². The number of carboxylic acid groups (broad SMARTS) is 1. The van der Waals surface area contributed by atoms with E-state index in [-0.39, 0.29) is 6.04 Å². The first-order valence-corrected chi connectivity index (χ1v) is 6.60. The lowest BCUT2D eigenvalue weighted by atomic mass is 9.89. The van der Waals surface area contributed by atoms with Gasteiger partial charge in [-0.3, -0.25) is 4.79 Å². The minimum Gasteiger partial charge on any atom is -0.480 e. The molecule has 0 aromatic heterocycles. The van der Waals surface area contributed by atoms with Crippen molar-refractivity contribution in [1.29, 1.82) is 0 Å². The van der Waals surface area contributed by atoms with Gasteiger partial charge in [0, 0.05) is 6.04 Å². The number of hydrogen-bond donors (Lipinski definition) is 2. The number of carbonyl (C=O) groups is 1. The van der Waals surface area contributed by atoms with E-state index in [1.807, 2.05) is 0 Å². The highest BCUT2D eigenvalue weighted by atomic mass is 16.4. The number of hydrogen-bond acceptors (Lipinski definition) is 2. The lowest BCUT2D eigenvalue weighted by molar-refractivity contribution is -0.140. The number of rotatable bonds is 7. The van der Waals surface area contributed by atoms with E-state index in [1.165, 1.54) is 0 Å². The summed E-state index contributed by atoms with van der Waals surface area (Å²) in [6.45, 7) is 12.8. The molecule has 0 saturated heterocycles. The standard InChI is InChI=1S/C14H29NO2/c1-10(2)9-12(13(16)17)15-11(3)7-8-14(4,5)6/h10-12,15H,7-9H2,1-6H3,(H,16,17). The summed E-state index contributed by atoms with van der Waals surface area (Å²) in [5.74, 6) is -0.334. The Balaban J connectivity index is 4.13. The van der Waals surface area contributed by atoms with Gasteiger partial charge in [0.2, 0.25) is 0 Å². The van der Waals surface area contributed by atoms with Gasteiger partial charge in [0.1, 0.15) is 6.04 Å². The first-order chi connectivity index (χ1) is 7.61. The third-order valence-corrected chi connectivity index (χ3v) is 2.82. The van der Waals surface area contributed by atoms with Crippen LogP contribution in [-0.4, -0.2) is 23.2 Å². The van der Waals surface area contributed by atoms with Crippen LogP contribution in [0.2, 0.25) is 0 Å². The second kappa shape index (κ2) is 7.00. The quantitative estimate of drug-likeness (QED) is 0.721. The summed E-state index contributed by atoms with van der Waals surface area (Å²) in [4.78, 5) is 11.1. The molecule has 0 amide bonds. The molecule has 0 aliphatic rings. The van der Waals surface area contributed by atoms with Crippen LogP contribution in [0.15, 0.2) is 0 Å². The average Bonchev–Trinajstić information content (AvgIpc) is 2.11. The molecular formula is C14H29NO2. The normalized spacial score (nSPS) is 15.9. The lowest BCUT2D eigenvalue weighted by Crippen LogP contribution is -2.43. The second-order valence-corrected chi connectivity index (χ2v) is 6.69. The lowest BCUT2D eigenvalue weighted by Gasteiger charge is -2.25. The van der Waals surface area contributed by atoms with Gasteiger partial charge in [-0.15, -0.1) is 0 Å². The highest BCUT2D eigenvalue weighted by Gasteiger charge is 2.21. The van der Waals surface area contributed by atoms with E-state index in [0.29, 0.717) is 17.8 Å². The Morgan fingerprint density at radius 3 is 2.12 bits per heavy atom. The van der Waals surface area contributed by atoms with Gasteiger partial charge < -0.3 is 10.4 Å². The van der Waals surface area contributed by atoms with Crippen LogP contribution in [0, 0.1) is 11.3 Å². The predicted octanol–water partition coefficient (Wildman–Crippen LogP) is 3.29. The second-order valence-electron chi connectivity index (χ2n) is 6.69. The molecule has 0 heterocycles. The van der Waals surface area contributed by atoms with Crippen LogP contribution in [0.1, 0.15) is 60.8 Å². The van der Waals surface area contributed by atoms with Crippen LogP contribution in [0.5, 0.6) is 0 Å². The van der Waals surface area contributed by atoms with Crippen molar-refractivity contribution in [2.45, 2.75) is 72.9 Å². The van der Waals surface area contributed by atoms with Gasteiger partial charge in [-0.05, 0) is 37.5 Å². The SMILES string of the molecule is CC(C)CC(NC(C)CCC(C)(C)C)C(=O)O. The minimum absolute atomic E-state index is 0.258. The average molecular weight is 243 g/mol. The van der Waals surface area contributed by atoms with Gasteiger partial charge in [-0.25, -0.2) is 0 Å². The third-order valence-electron chi connectivity index (χ3n) is 2.82. The van der Waals surface area contributed by atoms with Crippen molar-refractivity contribution in [1.82, 2.24) is 5.32 Å². The molecule has 3 nitrogen and oxygen atoms in total. The zero-order valence-electron chi connectivity index (χ0n) is 12.2. The molecule has 0 aliphatic heterocycles. The van der Waals surface area contributed by atoms with Gasteiger partial charge >= 0.3 is 5.97 Å². The molecule has 0 radical (unpaired) electrons. The van der Waals surface area contributed by atoms with E-state index in [1.54, 1.807) is 0 Å². The van der Waals surface area contributed by atoms with E-state index < -0.39 is 12.0 Å². The molecule has 102 valence electrons. The van der Waals surface area contributed by atoms with Gasteiger partial charge in [0.05, 0.1) is 0 Å². The highest BCUT2D eigenvalue weighted by Crippen LogP contribution is 2.21. The van der Waals surface area contributed by atoms with E-state index in [2.05, 4.69) is 46.9 Å². The third kappa shape index (κ3) is 9.16. The molecule has 0 spiro atoms. The molecule has 2 unspecified atom stereocenters. The molecule has 2 N–H and O–H groups in total. The van der Waals surface area contributed by atoms with Gasteiger partial charge in [0.15, 0.2) is 0 Å². The van der Waals surface area contributed by atoms with Crippen LogP contribution in [0.4, 0.5) is 0 Å². The van der Waals surface area contributed by atoms with E-state index in [0.717, 1.165) is 12.8 Å². The Kier molecular flexibility index (Phi) is 6.76. The van der Waals surface area contributed by atoms with Gasteiger partial charge in [0.25, 0.3) is 0 Å². The Morgan fingerprint density at radius 2 is 1.76 bits per heavy atom. The zero-order valence-corrected chi connectivity index (χ0v) is 12.2. The molecule has 0 saturated carbocycles. The fraction of sp³-hybridized carbons (Fsp3) is 0.929. The molecule has 17 heavy (non-hydrogen) atoms. The smallest absolute Gasteiger partial charge is 0.320 e. The maximum Gasteiger partial charge on any atom is 0.320 e. The van der Waals surface area contributed by atoms with Crippen LogP contribution in [0.25, 0.3) is 0 Å². The number of carboxylic acids is 1. The monoisotopic (exact) mass is 243 g/mol. The summed E-state index contributed by atoms with van der Waals surface area (Å²) < 4.78 is 0. The minimum atomic E-state index is -0.735. The zero-order chi connectivity index (χ0) is 13.6. The summed E-state index contributed by atoms with van der Waals surface area (Å²) in [5, 5.41) is 12.4. The summed E-state index contributed by atoms with van der Waals surface area (Å²) in [5.41, 5.74) is 0.312. The van der Waals surface area contributed by atoms with E-state index in [4.69, 9.17) is 5.11 Å². The van der Waals surface area contributed by atoms with Crippen molar-refractivity contribution < 1.29 is 9.90 Å². The molecule has 0 aromatic carbocycles. The molecule has 0 bridgehead atoms. The van der Waals surface area contributed by atoms with Crippen molar-refractivity contribution in [3.05, 3.63) is 0 Å². The van der Waals surface area contributed by atoms with E-state index >= 15 is 0 Å². The molecule has 0 rings (SSSR count). The molecular weight excluding hydrogens is 214 g/mol. The largest absolute Gasteiger partial charge is 0.480 e. The number of nitrogens with one attached hydrogen (secondary N) is 1. The highest BCUT2D eigenvalue weighted by molar-refractivity contribution is 5.73. The van der Waals surface area contributed by atoms with Crippen LogP contribution in [-0.2, 0) is 4.79 Å². The van der Waals surface area contributed by atoms with Crippen molar-refractivity contribution in [3.63, 3.8) is 0 Å². The molecule has 2 atom stereocenters. The van der Waals surface area contributed by atoms with Crippen LogP contribution < -0.4 is 5.32 Å². The first-order valence-electron chi connectivity index (χ1n) is 6.60. The van der Waals surface area contributed by atoms with Crippen LogP contribution >= 0.6 is 0 Å². The topological polar surface area (TPSA) is 49.3 Å². The van der Waals surface area contributed by atoms with Crippen molar-refractivity contribution in [2.24, 2.45) is 11.3 Å². The Hall–Kier alpha value is -0.570. The first kappa shape index (κ1) is 16.4. The Morgan fingerprint density at radius 1 is 1.24 bits per heavy atom. The number of aliphatic carboxylic acids is 1. The summed E-state index contributed by atoms with van der Waals surface area (Å²) in [6.07, 6.45) is 2.82. The maximum atomic E-state index is 11.1. The van der Waals surface area contributed by atoms with E-state index in [9.17, 15) is 4.79 Å². The molecule has 0 fully saturated rings. The predicted molar refractivity (Wildman–Crippen MR) is 72.2 cm³/mol. The van der Waals surface area contributed by atoms with Crippen molar-refractivity contribution in [2.75, 3.05) is 0 Å². The maximum absolute atomic E-state index is 11.1. The summed E-state index contributed by atoms with van der Waals surface area (Å²) in [7, 11) is 0. The summed E-state index contributed by atoms with van der Waals surface area (Å²) >= 11 is 0. The summed E-state index contributed by atoms with van der Waals surface area (Å²) in [6, 6.07) is -0.154. The van der Waals surface area contributed by atoms with Crippen molar-refractivity contribution >= 4 is 5.97 Å². The Bertz CT molecular complexity index is 231.